The summed E-state index contributed by atoms with van der Waals surface area (Å²) < 4.78 is 40.6. The van der Waals surface area contributed by atoms with Crippen LogP contribution in [0.2, 0.25) is 0 Å². The first-order valence-electron chi connectivity index (χ1n) is 13.6. The number of hydrogen-bond acceptors (Lipinski definition) is 2. The van der Waals surface area contributed by atoms with Gasteiger partial charge in [-0.05, 0) is 68.9 Å². The topological polar surface area (TPSA) is 43.9 Å². The van der Waals surface area contributed by atoms with E-state index in [1.54, 1.807) is 44.0 Å². The van der Waals surface area contributed by atoms with Crippen molar-refractivity contribution >= 4 is 11.9 Å². The molecule has 2 saturated heterocycles. The fraction of sp³-hybridized carbons (Fsp3) is 0.438. The van der Waals surface area contributed by atoms with Gasteiger partial charge in [0.1, 0.15) is 0 Å². The second-order valence-electron chi connectivity index (χ2n) is 11.2. The van der Waals surface area contributed by atoms with E-state index in [1.165, 1.54) is 4.90 Å². The number of rotatable bonds is 7. The van der Waals surface area contributed by atoms with Crippen molar-refractivity contribution in [1.29, 1.82) is 0 Å². The van der Waals surface area contributed by atoms with Crippen LogP contribution in [0.15, 0.2) is 67.8 Å². The van der Waals surface area contributed by atoms with Gasteiger partial charge in [-0.15, -0.1) is 13.2 Å². The molecule has 0 radical (unpaired) electrons. The van der Waals surface area contributed by atoms with Crippen LogP contribution in [-0.2, 0) is 11.0 Å². The maximum atomic E-state index is 14.2. The molecule has 8 heteroatoms. The average molecular weight is 554 g/mol. The lowest BCUT2D eigenvalue weighted by atomic mass is 9.76. The zero-order valence-electron chi connectivity index (χ0n) is 23.7. The van der Waals surface area contributed by atoms with E-state index in [1.807, 2.05) is 36.1 Å². The number of aryl methyl sites for hydroxylation is 2. The summed E-state index contributed by atoms with van der Waals surface area (Å²) in [5, 5.41) is 0. The molecule has 214 valence electrons. The Morgan fingerprint density at radius 3 is 2.38 bits per heavy atom. The summed E-state index contributed by atoms with van der Waals surface area (Å²) in [6, 6.07) is 10.2. The SMILES string of the molecule is C=CCC1(CC=C)C[C@H]2[C@H](c3ccccc3C)N(C(=O)N(C)[C@H](C)c3cc(C)cc(C(F)(F)F)c3)CCN2C1=O. The van der Waals surface area contributed by atoms with Gasteiger partial charge in [0, 0.05) is 20.1 Å². The van der Waals surface area contributed by atoms with Crippen molar-refractivity contribution in [1.82, 2.24) is 14.7 Å². The second kappa shape index (κ2) is 11.1. The number of allylic oxidation sites excluding steroid dienone is 2. The molecule has 0 saturated carbocycles. The van der Waals surface area contributed by atoms with Crippen LogP contribution in [0, 0.1) is 19.3 Å². The highest BCUT2D eigenvalue weighted by Gasteiger charge is 2.56. The maximum absolute atomic E-state index is 14.2. The minimum Gasteiger partial charge on any atom is -0.335 e. The Balaban J connectivity index is 1.72. The molecule has 3 atom stereocenters. The molecule has 0 bridgehead atoms. The summed E-state index contributed by atoms with van der Waals surface area (Å²) in [6.45, 7) is 13.8. The molecule has 2 fully saturated rings. The molecule has 3 amide bonds. The Kier molecular flexibility index (Phi) is 8.20. The third-order valence-corrected chi connectivity index (χ3v) is 8.61. The average Bonchev–Trinajstić information content (AvgIpc) is 3.18. The van der Waals surface area contributed by atoms with E-state index in [9.17, 15) is 22.8 Å². The van der Waals surface area contributed by atoms with Gasteiger partial charge in [-0.1, -0.05) is 48.0 Å². The molecule has 40 heavy (non-hydrogen) atoms. The van der Waals surface area contributed by atoms with E-state index in [0.29, 0.717) is 43.5 Å². The van der Waals surface area contributed by atoms with Gasteiger partial charge in [-0.2, -0.15) is 13.2 Å². The Bertz CT molecular complexity index is 1290. The molecule has 0 unspecified atom stereocenters. The molecule has 0 aliphatic carbocycles. The third-order valence-electron chi connectivity index (χ3n) is 8.61. The van der Waals surface area contributed by atoms with Crippen molar-refractivity contribution in [3.05, 3.63) is 95.6 Å². The smallest absolute Gasteiger partial charge is 0.335 e. The Morgan fingerprint density at radius 2 is 1.77 bits per heavy atom. The fourth-order valence-corrected chi connectivity index (χ4v) is 6.46. The zero-order chi connectivity index (χ0) is 29.4. The quantitative estimate of drug-likeness (QED) is 0.340. The number of hydrogen-bond donors (Lipinski definition) is 0. The monoisotopic (exact) mass is 553 g/mol. The number of fused-ring (bicyclic) bond motifs is 1. The Hall–Kier alpha value is -3.55. The third kappa shape index (κ3) is 5.28. The van der Waals surface area contributed by atoms with E-state index in [-0.39, 0.29) is 18.0 Å². The standard InChI is InChI=1S/C32H38F3N3O2/c1-7-13-31(14-8-2)20-27-28(26-12-10-9-11-22(26)4)38(16-15-37(27)29(31)39)30(40)36(6)23(5)24-17-21(3)18-25(19-24)32(33,34)35/h7-12,17-19,23,27-28H,1-2,13-16,20H2,3-6H3/t23-,27+,28+/m1/s1. The minimum absolute atomic E-state index is 0.0594. The second-order valence-corrected chi connectivity index (χ2v) is 11.2. The van der Waals surface area contributed by atoms with Crippen LogP contribution < -0.4 is 0 Å². The summed E-state index contributed by atoms with van der Waals surface area (Å²) in [5.74, 6) is 0.0594. The summed E-state index contributed by atoms with van der Waals surface area (Å²) in [5.41, 5.74) is 1.49. The van der Waals surface area contributed by atoms with Gasteiger partial charge >= 0.3 is 12.2 Å². The van der Waals surface area contributed by atoms with Gasteiger partial charge in [-0.25, -0.2) is 4.79 Å². The van der Waals surface area contributed by atoms with Gasteiger partial charge in [0.2, 0.25) is 5.91 Å². The molecule has 2 aromatic carbocycles. The number of carbonyl (C=O) groups is 2. The predicted octanol–water partition coefficient (Wildman–Crippen LogP) is 7.23. The van der Waals surface area contributed by atoms with Crippen molar-refractivity contribution in [3.63, 3.8) is 0 Å². The van der Waals surface area contributed by atoms with E-state index in [4.69, 9.17) is 0 Å². The molecule has 2 aliphatic heterocycles. The molecule has 2 aromatic rings. The molecular weight excluding hydrogens is 515 g/mol. The fourth-order valence-electron chi connectivity index (χ4n) is 6.46. The van der Waals surface area contributed by atoms with E-state index < -0.39 is 29.2 Å². The predicted molar refractivity (Wildman–Crippen MR) is 151 cm³/mol. The Morgan fingerprint density at radius 1 is 1.12 bits per heavy atom. The van der Waals surface area contributed by atoms with Crippen molar-refractivity contribution in [2.24, 2.45) is 5.41 Å². The van der Waals surface area contributed by atoms with Gasteiger partial charge in [0.15, 0.2) is 0 Å². The summed E-state index contributed by atoms with van der Waals surface area (Å²) in [7, 11) is 1.63. The first-order chi connectivity index (χ1) is 18.8. The molecule has 5 nitrogen and oxygen atoms in total. The van der Waals surface area contributed by atoms with Gasteiger partial charge in [0.05, 0.1) is 29.1 Å². The molecule has 4 rings (SSSR count). The lowest BCUT2D eigenvalue weighted by Crippen LogP contribution is -2.57. The molecule has 2 heterocycles. The summed E-state index contributed by atoms with van der Waals surface area (Å²) in [6.07, 6.45) is 0.666. The largest absolute Gasteiger partial charge is 0.416 e. The number of urea groups is 1. The number of nitrogens with zero attached hydrogens (tertiary/aromatic N) is 3. The van der Waals surface area contributed by atoms with Crippen LogP contribution in [0.4, 0.5) is 18.0 Å². The first kappa shape index (κ1) is 29.4. The number of piperazine rings is 1. The normalized spacial score (nSPS) is 21.1. The molecule has 0 N–H and O–H groups in total. The summed E-state index contributed by atoms with van der Waals surface area (Å²) >= 11 is 0. The molecule has 2 aliphatic rings. The van der Waals surface area contributed by atoms with E-state index >= 15 is 0 Å². The van der Waals surface area contributed by atoms with Crippen molar-refractivity contribution in [3.8, 4) is 0 Å². The highest BCUT2D eigenvalue weighted by atomic mass is 19.4. The number of carbonyl (C=O) groups excluding carboxylic acids is 2. The molecular formula is C32H38F3N3O2. The van der Waals surface area contributed by atoms with E-state index in [0.717, 1.165) is 23.3 Å². The van der Waals surface area contributed by atoms with Crippen LogP contribution in [0.5, 0.6) is 0 Å². The Labute approximate surface area is 234 Å². The lowest BCUT2D eigenvalue weighted by Gasteiger charge is -2.47. The lowest BCUT2D eigenvalue weighted by molar-refractivity contribution is -0.139. The zero-order valence-corrected chi connectivity index (χ0v) is 23.7. The van der Waals surface area contributed by atoms with E-state index in [2.05, 4.69) is 13.2 Å². The van der Waals surface area contributed by atoms with Gasteiger partial charge in [0.25, 0.3) is 0 Å². The van der Waals surface area contributed by atoms with Crippen molar-refractivity contribution in [2.75, 3.05) is 20.1 Å². The number of alkyl halides is 3. The van der Waals surface area contributed by atoms with Crippen LogP contribution in [0.25, 0.3) is 0 Å². The first-order valence-corrected chi connectivity index (χ1v) is 13.6. The number of halogens is 3. The number of amides is 3. The minimum atomic E-state index is -4.48. The van der Waals surface area contributed by atoms with Crippen LogP contribution >= 0.6 is 0 Å². The van der Waals surface area contributed by atoms with Gasteiger partial charge < -0.3 is 14.7 Å². The van der Waals surface area contributed by atoms with Crippen LogP contribution in [-0.4, -0.2) is 52.8 Å². The summed E-state index contributed by atoms with van der Waals surface area (Å²) in [4.78, 5) is 33.1. The van der Waals surface area contributed by atoms with Crippen LogP contribution in [0.3, 0.4) is 0 Å². The van der Waals surface area contributed by atoms with Crippen molar-refractivity contribution in [2.45, 2.75) is 64.3 Å². The molecule has 0 aromatic heterocycles. The maximum Gasteiger partial charge on any atom is 0.416 e. The number of benzene rings is 2. The molecule has 0 spiro atoms. The van der Waals surface area contributed by atoms with Gasteiger partial charge in [-0.3, -0.25) is 4.79 Å². The highest BCUT2D eigenvalue weighted by molar-refractivity contribution is 5.87. The highest BCUT2D eigenvalue weighted by Crippen LogP contribution is 2.49. The van der Waals surface area contributed by atoms with Crippen LogP contribution in [0.1, 0.15) is 66.1 Å². The van der Waals surface area contributed by atoms with Crippen molar-refractivity contribution < 1.29 is 22.8 Å².